The lowest BCUT2D eigenvalue weighted by molar-refractivity contribution is 0.0901. The molecule has 0 radical (unpaired) electrons. The number of hydrogen-bond acceptors (Lipinski definition) is 4. The van der Waals surface area contributed by atoms with Gasteiger partial charge in [-0.25, -0.2) is 8.42 Å². The summed E-state index contributed by atoms with van der Waals surface area (Å²) in [5, 5.41) is 9.45. The summed E-state index contributed by atoms with van der Waals surface area (Å²) >= 11 is 0. The molecular formula is C21H27NO3S. The minimum atomic E-state index is -2.98. The highest BCUT2D eigenvalue weighted by Gasteiger charge is 2.42. The second kappa shape index (κ2) is 7.51. The van der Waals surface area contributed by atoms with Crippen molar-refractivity contribution in [3.05, 3.63) is 59.7 Å². The van der Waals surface area contributed by atoms with Crippen LogP contribution in [0.4, 0.5) is 0 Å². The maximum atomic E-state index is 12.0. The average Bonchev–Trinajstić information content (AvgIpc) is 2.90. The van der Waals surface area contributed by atoms with Crippen LogP contribution in [0.2, 0.25) is 0 Å². The standard InChI is InChI=1S/C21H27NO3S/c1-17-5-3-4-6-20(17)19-9-7-18(8-10-19)15-22(12-13-23)21(2)11-14-26(24,25)16-21/h3-10,23H,11-16H2,1-2H3. The lowest BCUT2D eigenvalue weighted by Gasteiger charge is -2.37. The van der Waals surface area contributed by atoms with E-state index in [1.54, 1.807) is 0 Å². The molecule has 0 bridgehead atoms. The Hall–Kier alpha value is -1.69. The van der Waals surface area contributed by atoms with Crippen LogP contribution in [-0.2, 0) is 16.4 Å². The molecule has 0 spiro atoms. The Morgan fingerprint density at radius 1 is 1.12 bits per heavy atom. The second-order valence-corrected chi connectivity index (χ2v) is 9.68. The molecule has 2 aromatic carbocycles. The van der Waals surface area contributed by atoms with Crippen molar-refractivity contribution in [3.8, 4) is 11.1 Å². The van der Waals surface area contributed by atoms with Crippen LogP contribution in [0.1, 0.15) is 24.5 Å². The number of β-amino-alcohol motifs (C(OH)–C–C–N with tert-alkyl or cyclic N) is 1. The van der Waals surface area contributed by atoms with Crippen LogP contribution in [-0.4, -0.2) is 48.6 Å². The first-order valence-electron chi connectivity index (χ1n) is 9.04. The molecule has 4 nitrogen and oxygen atoms in total. The minimum absolute atomic E-state index is 0.0247. The molecule has 26 heavy (non-hydrogen) atoms. The zero-order valence-corrected chi connectivity index (χ0v) is 16.3. The van der Waals surface area contributed by atoms with Crippen LogP contribution >= 0.6 is 0 Å². The van der Waals surface area contributed by atoms with E-state index in [0.29, 0.717) is 19.5 Å². The topological polar surface area (TPSA) is 57.6 Å². The Balaban J connectivity index is 1.79. The predicted molar refractivity (Wildman–Crippen MR) is 106 cm³/mol. The Bertz CT molecular complexity index is 861. The van der Waals surface area contributed by atoms with E-state index in [0.717, 1.165) is 5.56 Å². The number of sulfone groups is 1. The number of benzene rings is 2. The van der Waals surface area contributed by atoms with Gasteiger partial charge in [0.15, 0.2) is 9.84 Å². The largest absolute Gasteiger partial charge is 0.395 e. The van der Waals surface area contributed by atoms with Crippen LogP contribution in [0.25, 0.3) is 11.1 Å². The first-order chi connectivity index (χ1) is 12.3. The molecule has 1 heterocycles. The summed E-state index contributed by atoms with van der Waals surface area (Å²) in [6.45, 7) is 5.24. The Morgan fingerprint density at radius 2 is 1.81 bits per heavy atom. The van der Waals surface area contributed by atoms with E-state index < -0.39 is 15.4 Å². The SMILES string of the molecule is Cc1ccccc1-c1ccc(CN(CCO)C2(C)CCS(=O)(=O)C2)cc1. The van der Waals surface area contributed by atoms with Crippen molar-refractivity contribution in [1.82, 2.24) is 4.90 Å². The van der Waals surface area contributed by atoms with Gasteiger partial charge in [-0.3, -0.25) is 4.90 Å². The smallest absolute Gasteiger partial charge is 0.152 e. The van der Waals surface area contributed by atoms with Crippen LogP contribution < -0.4 is 0 Å². The summed E-state index contributed by atoms with van der Waals surface area (Å²) in [5.41, 5.74) is 4.36. The van der Waals surface area contributed by atoms with Crippen molar-refractivity contribution in [2.75, 3.05) is 24.7 Å². The van der Waals surface area contributed by atoms with E-state index >= 15 is 0 Å². The highest BCUT2D eigenvalue weighted by atomic mass is 32.2. The zero-order valence-electron chi connectivity index (χ0n) is 15.5. The van der Waals surface area contributed by atoms with E-state index in [1.807, 2.05) is 19.1 Å². The van der Waals surface area contributed by atoms with Crippen molar-refractivity contribution in [3.63, 3.8) is 0 Å². The van der Waals surface area contributed by atoms with Crippen LogP contribution in [0.3, 0.4) is 0 Å². The Labute approximate surface area is 156 Å². The molecule has 0 aliphatic carbocycles. The normalized spacial score (nSPS) is 22.0. The van der Waals surface area contributed by atoms with Gasteiger partial charge in [0.1, 0.15) is 0 Å². The summed E-state index contributed by atoms with van der Waals surface area (Å²) in [7, 11) is -2.98. The monoisotopic (exact) mass is 373 g/mol. The third-order valence-electron chi connectivity index (χ3n) is 5.40. The summed E-state index contributed by atoms with van der Waals surface area (Å²) < 4.78 is 23.9. The highest BCUT2D eigenvalue weighted by molar-refractivity contribution is 7.91. The first-order valence-corrected chi connectivity index (χ1v) is 10.9. The number of aryl methyl sites for hydroxylation is 1. The van der Waals surface area contributed by atoms with Crippen LogP contribution in [0.15, 0.2) is 48.5 Å². The molecule has 140 valence electrons. The maximum absolute atomic E-state index is 12.0. The van der Waals surface area contributed by atoms with Gasteiger partial charge in [-0.15, -0.1) is 0 Å². The Kier molecular flexibility index (Phi) is 5.51. The zero-order chi connectivity index (χ0) is 18.8. The maximum Gasteiger partial charge on any atom is 0.152 e. The van der Waals surface area contributed by atoms with Gasteiger partial charge in [-0.2, -0.15) is 0 Å². The fraction of sp³-hybridized carbons (Fsp3) is 0.429. The summed E-state index contributed by atoms with van der Waals surface area (Å²) in [6, 6.07) is 16.7. The fourth-order valence-corrected chi connectivity index (χ4v) is 5.98. The molecule has 1 atom stereocenters. The van der Waals surface area contributed by atoms with Gasteiger partial charge in [0.25, 0.3) is 0 Å². The van der Waals surface area contributed by atoms with E-state index in [1.165, 1.54) is 16.7 Å². The third kappa shape index (κ3) is 4.17. The average molecular weight is 374 g/mol. The van der Waals surface area contributed by atoms with Gasteiger partial charge < -0.3 is 5.11 Å². The van der Waals surface area contributed by atoms with Crippen LogP contribution in [0, 0.1) is 6.92 Å². The van der Waals surface area contributed by atoms with E-state index in [9.17, 15) is 13.5 Å². The fourth-order valence-electron chi connectivity index (χ4n) is 3.81. The summed E-state index contributed by atoms with van der Waals surface area (Å²) in [6.07, 6.45) is 0.622. The van der Waals surface area contributed by atoms with Crippen molar-refractivity contribution < 1.29 is 13.5 Å². The molecule has 1 unspecified atom stereocenters. The molecule has 3 rings (SSSR count). The van der Waals surface area contributed by atoms with Gasteiger partial charge in [0, 0.05) is 18.6 Å². The van der Waals surface area contributed by atoms with Gasteiger partial charge in [0.2, 0.25) is 0 Å². The van der Waals surface area contributed by atoms with Crippen molar-refractivity contribution in [2.24, 2.45) is 0 Å². The van der Waals surface area contributed by atoms with Crippen LogP contribution in [0.5, 0.6) is 0 Å². The quantitative estimate of drug-likeness (QED) is 0.846. The first kappa shape index (κ1) is 19.1. The molecule has 1 fully saturated rings. The van der Waals surface area contributed by atoms with E-state index in [2.05, 4.69) is 48.2 Å². The summed E-state index contributed by atoms with van der Waals surface area (Å²) in [5.74, 6) is 0.402. The van der Waals surface area contributed by atoms with E-state index in [-0.39, 0.29) is 18.1 Å². The molecule has 2 aromatic rings. The van der Waals surface area contributed by atoms with Crippen molar-refractivity contribution in [1.29, 1.82) is 0 Å². The van der Waals surface area contributed by atoms with Gasteiger partial charge in [0.05, 0.1) is 18.1 Å². The number of nitrogens with zero attached hydrogens (tertiary/aromatic N) is 1. The Morgan fingerprint density at radius 3 is 2.38 bits per heavy atom. The van der Waals surface area contributed by atoms with E-state index in [4.69, 9.17) is 0 Å². The minimum Gasteiger partial charge on any atom is -0.395 e. The van der Waals surface area contributed by atoms with Crippen molar-refractivity contribution >= 4 is 9.84 Å². The molecule has 0 aromatic heterocycles. The molecule has 0 amide bonds. The number of rotatable bonds is 6. The molecule has 1 aliphatic heterocycles. The highest BCUT2D eigenvalue weighted by Crippen LogP contribution is 2.31. The van der Waals surface area contributed by atoms with Gasteiger partial charge >= 0.3 is 0 Å². The molecule has 5 heteroatoms. The molecular weight excluding hydrogens is 346 g/mol. The number of aliphatic hydroxyl groups is 1. The number of aliphatic hydroxyl groups excluding tert-OH is 1. The molecule has 1 N–H and O–H groups in total. The summed E-state index contributed by atoms with van der Waals surface area (Å²) in [4.78, 5) is 2.11. The van der Waals surface area contributed by atoms with Gasteiger partial charge in [-0.05, 0) is 42.5 Å². The molecule has 1 saturated heterocycles. The molecule has 1 aliphatic rings. The lowest BCUT2D eigenvalue weighted by Crippen LogP contribution is -2.48. The lowest BCUT2D eigenvalue weighted by atomic mass is 9.97. The number of hydrogen-bond donors (Lipinski definition) is 1. The van der Waals surface area contributed by atoms with Crippen molar-refractivity contribution in [2.45, 2.75) is 32.4 Å². The molecule has 0 saturated carbocycles. The predicted octanol–water partition coefficient (Wildman–Crippen LogP) is 3.03. The van der Waals surface area contributed by atoms with Gasteiger partial charge in [-0.1, -0.05) is 48.5 Å². The second-order valence-electron chi connectivity index (χ2n) is 7.50. The third-order valence-corrected chi connectivity index (χ3v) is 7.29.